The molecular weight excluding hydrogens is 1010 g/mol. The van der Waals surface area contributed by atoms with Crippen molar-refractivity contribution < 1.29 is 0 Å². The first-order chi connectivity index (χ1) is 41.2. The minimum absolute atomic E-state index is 1.13. The van der Waals surface area contributed by atoms with Crippen LogP contribution in [-0.2, 0) is 0 Å². The molecule has 0 radical (unpaired) electrons. The Labute approximate surface area is 477 Å². The minimum atomic E-state index is 1.13. The summed E-state index contributed by atoms with van der Waals surface area (Å²) in [7, 11) is 0. The van der Waals surface area contributed by atoms with Crippen molar-refractivity contribution in [3.63, 3.8) is 0 Å². The molecule has 386 valence electrons. The smallest absolute Gasteiger partial charge is 0.0548 e. The van der Waals surface area contributed by atoms with Gasteiger partial charge in [-0.2, -0.15) is 0 Å². The molecule has 0 N–H and O–H groups in total. The maximum Gasteiger partial charge on any atom is 0.0548 e. The molecule has 0 atom stereocenters. The van der Waals surface area contributed by atoms with Crippen molar-refractivity contribution in [2.75, 3.05) is 0 Å². The SMILES string of the molecule is c1ccc(-n2c3ccc(-c4cccc(-n5c6ccccc6c6cc7c(cc65)c5ccccc5n7-c5ccccc5)c4)cc3c3cc(-c4cccc(-n5c6ccccc6c6cc7c(cc65)c5ccccc5n7-c5ccccc5)c4)ccc32)cc1. The van der Waals surface area contributed by atoms with Gasteiger partial charge in [0.25, 0.3) is 0 Å². The Morgan fingerprint density at radius 3 is 0.711 bits per heavy atom. The van der Waals surface area contributed by atoms with Crippen LogP contribution in [0.4, 0.5) is 0 Å². The van der Waals surface area contributed by atoms with Crippen LogP contribution in [0.15, 0.2) is 297 Å². The van der Waals surface area contributed by atoms with E-state index in [0.29, 0.717) is 0 Å². The van der Waals surface area contributed by atoms with Crippen LogP contribution < -0.4 is 0 Å². The summed E-state index contributed by atoms with van der Waals surface area (Å²) >= 11 is 0. The van der Waals surface area contributed by atoms with Crippen molar-refractivity contribution in [1.82, 2.24) is 22.8 Å². The first-order valence-electron chi connectivity index (χ1n) is 28.6. The van der Waals surface area contributed by atoms with Gasteiger partial charge in [-0.3, -0.25) is 0 Å². The molecule has 0 saturated carbocycles. The van der Waals surface area contributed by atoms with Gasteiger partial charge in [-0.15, -0.1) is 0 Å². The van der Waals surface area contributed by atoms with E-state index in [1.54, 1.807) is 0 Å². The van der Waals surface area contributed by atoms with Crippen LogP contribution in [0.25, 0.3) is 160 Å². The maximum atomic E-state index is 2.47. The first-order valence-corrected chi connectivity index (χ1v) is 28.6. The van der Waals surface area contributed by atoms with E-state index in [2.05, 4.69) is 320 Å². The van der Waals surface area contributed by atoms with Crippen LogP contribution in [0.3, 0.4) is 0 Å². The van der Waals surface area contributed by atoms with Gasteiger partial charge in [0.1, 0.15) is 0 Å². The lowest BCUT2D eigenvalue weighted by atomic mass is 9.99. The summed E-state index contributed by atoms with van der Waals surface area (Å²) in [6.45, 7) is 0. The Hall–Kier alpha value is -11.1. The van der Waals surface area contributed by atoms with Crippen LogP contribution in [0, 0.1) is 0 Å². The largest absolute Gasteiger partial charge is 0.309 e. The van der Waals surface area contributed by atoms with Crippen molar-refractivity contribution >= 4 is 109 Å². The topological polar surface area (TPSA) is 24.6 Å². The van der Waals surface area contributed by atoms with Gasteiger partial charge in [-0.1, -0.05) is 164 Å². The zero-order valence-corrected chi connectivity index (χ0v) is 45.0. The Balaban J connectivity index is 0.790. The number of benzene rings is 13. The molecule has 0 spiro atoms. The molecule has 5 nitrogen and oxygen atoms in total. The van der Waals surface area contributed by atoms with Gasteiger partial charge in [-0.25, -0.2) is 0 Å². The van der Waals surface area contributed by atoms with E-state index >= 15 is 0 Å². The van der Waals surface area contributed by atoms with E-state index in [0.717, 1.165) is 39.6 Å². The molecule has 83 heavy (non-hydrogen) atoms. The molecule has 0 fully saturated rings. The van der Waals surface area contributed by atoms with E-state index in [1.165, 1.54) is 120 Å². The number of nitrogens with zero attached hydrogens (tertiary/aromatic N) is 5. The predicted molar refractivity (Wildman–Crippen MR) is 349 cm³/mol. The number of para-hydroxylation sites is 7. The second-order valence-corrected chi connectivity index (χ2v) is 22.1. The molecular formula is C78H49N5. The van der Waals surface area contributed by atoms with Crippen molar-refractivity contribution in [2.45, 2.75) is 0 Å². The van der Waals surface area contributed by atoms with E-state index in [4.69, 9.17) is 0 Å². The number of rotatable bonds is 7. The average molecular weight is 1060 g/mol. The molecule has 0 unspecified atom stereocenters. The highest BCUT2D eigenvalue weighted by Gasteiger charge is 2.22. The Morgan fingerprint density at radius 1 is 0.133 bits per heavy atom. The highest BCUT2D eigenvalue weighted by atomic mass is 15.0. The minimum Gasteiger partial charge on any atom is -0.309 e. The molecule has 0 bridgehead atoms. The molecule has 0 amide bonds. The third-order valence-electron chi connectivity index (χ3n) is 17.6. The summed E-state index contributed by atoms with van der Waals surface area (Å²) < 4.78 is 12.2. The van der Waals surface area contributed by atoms with Crippen molar-refractivity contribution in [3.05, 3.63) is 297 Å². The molecule has 18 rings (SSSR count). The van der Waals surface area contributed by atoms with Crippen LogP contribution in [0.5, 0.6) is 0 Å². The van der Waals surface area contributed by atoms with Gasteiger partial charge in [0.2, 0.25) is 0 Å². The molecule has 5 aromatic heterocycles. The summed E-state index contributed by atoms with van der Waals surface area (Å²) in [6.07, 6.45) is 0. The third kappa shape index (κ3) is 6.77. The first kappa shape index (κ1) is 45.7. The lowest BCUT2D eigenvalue weighted by Crippen LogP contribution is -1.95. The number of hydrogen-bond donors (Lipinski definition) is 0. The molecule has 0 saturated heterocycles. The Bertz CT molecular complexity index is 5340. The van der Waals surface area contributed by atoms with Crippen LogP contribution >= 0.6 is 0 Å². The Morgan fingerprint density at radius 2 is 0.373 bits per heavy atom. The zero-order chi connectivity index (χ0) is 54.3. The van der Waals surface area contributed by atoms with Gasteiger partial charge in [0.05, 0.1) is 55.2 Å². The highest BCUT2D eigenvalue weighted by molar-refractivity contribution is 6.21. The van der Waals surface area contributed by atoms with Gasteiger partial charge in [0.15, 0.2) is 0 Å². The molecule has 5 heteroatoms. The standard InChI is InChI=1S/C78H49N5/c1-4-22-54(23-5-1)79-73-40-38-52(50-20-18-28-57(42-50)82-71-36-16-12-32-61(71)67-46-75-65(48-77(67)82)59-30-10-14-34-69(59)80(75)55-24-6-2-7-25-55)44-63(73)64-45-53(39-41-74(64)79)51-21-19-29-58(43-51)83-72-37-17-13-33-62(72)68-47-76-66(49-78(68)83)60-31-11-15-35-70(60)81(76)56-26-8-3-9-27-56/h1-49H. The average Bonchev–Trinajstić information content (AvgIpc) is 3.78. The maximum absolute atomic E-state index is 2.47. The van der Waals surface area contributed by atoms with E-state index in [-0.39, 0.29) is 0 Å². The van der Waals surface area contributed by atoms with Gasteiger partial charge >= 0.3 is 0 Å². The number of fused-ring (bicyclic) bond motifs is 15. The van der Waals surface area contributed by atoms with Crippen molar-refractivity contribution in [2.24, 2.45) is 0 Å². The van der Waals surface area contributed by atoms with Gasteiger partial charge < -0.3 is 22.8 Å². The molecule has 13 aromatic carbocycles. The van der Waals surface area contributed by atoms with Crippen LogP contribution in [0.1, 0.15) is 0 Å². The molecule has 0 aliphatic heterocycles. The molecule has 0 aliphatic carbocycles. The van der Waals surface area contributed by atoms with E-state index in [1.807, 2.05) is 0 Å². The van der Waals surface area contributed by atoms with Gasteiger partial charge in [0, 0.05) is 82.3 Å². The lowest BCUT2D eigenvalue weighted by molar-refractivity contribution is 1.17. The fourth-order valence-corrected chi connectivity index (χ4v) is 14.0. The predicted octanol–water partition coefficient (Wildman–Crippen LogP) is 20.5. The molecule has 0 aliphatic rings. The third-order valence-corrected chi connectivity index (χ3v) is 17.6. The van der Waals surface area contributed by atoms with Gasteiger partial charge in [-0.05, 0) is 156 Å². The second kappa shape index (κ2) is 17.7. The van der Waals surface area contributed by atoms with E-state index < -0.39 is 0 Å². The fraction of sp³-hybridized carbons (Fsp3) is 0. The number of hydrogen-bond acceptors (Lipinski definition) is 0. The lowest BCUT2D eigenvalue weighted by Gasteiger charge is -2.11. The van der Waals surface area contributed by atoms with Crippen molar-refractivity contribution in [1.29, 1.82) is 0 Å². The normalized spacial score (nSPS) is 12.1. The molecule has 18 aromatic rings. The van der Waals surface area contributed by atoms with Crippen LogP contribution in [0.2, 0.25) is 0 Å². The van der Waals surface area contributed by atoms with Crippen LogP contribution in [-0.4, -0.2) is 22.8 Å². The fourth-order valence-electron chi connectivity index (χ4n) is 14.0. The Kier molecular flexibility index (Phi) is 9.73. The summed E-state index contributed by atoms with van der Waals surface area (Å²) in [5.74, 6) is 0. The summed E-state index contributed by atoms with van der Waals surface area (Å²) in [4.78, 5) is 0. The summed E-state index contributed by atoms with van der Waals surface area (Å²) in [5, 5.41) is 12.3. The zero-order valence-electron chi connectivity index (χ0n) is 45.0. The van der Waals surface area contributed by atoms with Crippen molar-refractivity contribution in [3.8, 4) is 50.7 Å². The molecule has 5 heterocycles. The second-order valence-electron chi connectivity index (χ2n) is 22.1. The summed E-state index contributed by atoms with van der Waals surface area (Å²) in [6, 6.07) is 110. The monoisotopic (exact) mass is 1060 g/mol. The quantitative estimate of drug-likeness (QED) is 0.152. The summed E-state index contributed by atoms with van der Waals surface area (Å²) in [5.41, 5.74) is 22.3. The number of aromatic nitrogens is 5. The highest BCUT2D eigenvalue weighted by Crippen LogP contribution is 2.44. The van der Waals surface area contributed by atoms with E-state index in [9.17, 15) is 0 Å².